The van der Waals surface area contributed by atoms with Gasteiger partial charge in [-0.25, -0.2) is 4.39 Å². The first-order valence-electron chi connectivity index (χ1n) is 7.72. The summed E-state index contributed by atoms with van der Waals surface area (Å²) in [6, 6.07) is 5.99. The molecule has 0 bridgehead atoms. The summed E-state index contributed by atoms with van der Waals surface area (Å²) in [6.07, 6.45) is 3.70. The number of ether oxygens (including phenoxy) is 2. The maximum absolute atomic E-state index is 13.7. The minimum atomic E-state index is -1.34. The molecular weight excluding hydrogens is 362 g/mol. The van der Waals surface area contributed by atoms with Crippen molar-refractivity contribution < 1.29 is 28.0 Å². The van der Waals surface area contributed by atoms with E-state index in [1.54, 1.807) is 18.2 Å². The lowest BCUT2D eigenvalue weighted by atomic mass is 10.2. The Kier molecular flexibility index (Phi) is 6.42. The average Bonchev–Trinajstić information content (AvgIpc) is 2.62. The van der Waals surface area contributed by atoms with E-state index >= 15 is 0 Å². The molecule has 0 aliphatic carbocycles. The molecule has 0 radical (unpaired) electrons. The molecule has 0 aromatic heterocycles. The second kappa shape index (κ2) is 8.75. The maximum atomic E-state index is 13.7. The molecule has 0 aliphatic heterocycles. The van der Waals surface area contributed by atoms with Crippen molar-refractivity contribution in [3.63, 3.8) is 0 Å². The van der Waals surface area contributed by atoms with Crippen LogP contribution in [0.25, 0.3) is 6.08 Å². The largest absolute Gasteiger partial charge is 0.493 e. The molecule has 2 rings (SSSR count). The van der Waals surface area contributed by atoms with Crippen molar-refractivity contribution in [2.45, 2.75) is 6.92 Å². The molecule has 27 heavy (non-hydrogen) atoms. The number of carbonyl (C=O) groups is 1. The lowest BCUT2D eigenvalue weighted by Gasteiger charge is -2.12. The summed E-state index contributed by atoms with van der Waals surface area (Å²) < 4.78 is 37.6. The number of amides is 1. The topological polar surface area (TPSA) is 90.7 Å². The molecule has 0 heterocycles. The third kappa shape index (κ3) is 5.00. The normalized spacial score (nSPS) is 10.7. The highest BCUT2D eigenvalue weighted by atomic mass is 19.1. The molecule has 0 aliphatic rings. The van der Waals surface area contributed by atoms with Crippen LogP contribution in [-0.2, 0) is 4.79 Å². The van der Waals surface area contributed by atoms with Crippen LogP contribution in [0.5, 0.6) is 11.5 Å². The van der Waals surface area contributed by atoms with Crippen LogP contribution in [0.15, 0.2) is 36.4 Å². The first-order valence-corrected chi connectivity index (χ1v) is 7.72. The predicted molar refractivity (Wildman–Crippen MR) is 94.8 cm³/mol. The number of nitrogens with one attached hydrogen (secondary N) is 1. The Labute approximate surface area is 153 Å². The number of nitro groups is 1. The molecule has 2 aromatic rings. The number of hydrogen-bond acceptors (Lipinski definition) is 5. The van der Waals surface area contributed by atoms with Crippen LogP contribution in [0.3, 0.4) is 0 Å². The molecule has 1 N–H and O–H groups in total. The first-order chi connectivity index (χ1) is 12.8. The highest BCUT2D eigenvalue weighted by Crippen LogP contribution is 2.29. The molecule has 1 amide bonds. The summed E-state index contributed by atoms with van der Waals surface area (Å²) in [5.41, 5.74) is -0.604. The van der Waals surface area contributed by atoms with Gasteiger partial charge in [-0.1, -0.05) is 18.2 Å². The maximum Gasteiger partial charge on any atom is 0.307 e. The van der Waals surface area contributed by atoms with Crippen molar-refractivity contribution in [3.8, 4) is 11.5 Å². The minimum absolute atomic E-state index is 0.284. The Bertz CT molecular complexity index is 900. The fourth-order valence-corrected chi connectivity index (χ4v) is 2.20. The fourth-order valence-electron chi connectivity index (χ4n) is 2.20. The zero-order valence-electron chi connectivity index (χ0n) is 14.5. The average molecular weight is 378 g/mol. The summed E-state index contributed by atoms with van der Waals surface area (Å²) in [6.45, 7) is 1.35. The summed E-state index contributed by atoms with van der Waals surface area (Å²) in [5, 5.41) is 12.8. The van der Waals surface area contributed by atoms with Crippen LogP contribution in [0.1, 0.15) is 12.5 Å². The number of methoxy groups -OCH3 is 1. The Morgan fingerprint density at radius 3 is 2.59 bits per heavy atom. The van der Waals surface area contributed by atoms with Crippen LogP contribution >= 0.6 is 0 Å². The number of anilines is 1. The standard InChI is InChI=1S/C18H16F2N2O5/c1-3-4-11-5-6-16(17(7-11)26-2)27-10-18(23)21-14-9-15(22(24)25)13(20)8-12(14)19/h3-9H,10H2,1-2H3,(H,21,23)/b4-3+. The molecule has 142 valence electrons. The Hall–Kier alpha value is -3.49. The third-order valence-corrected chi connectivity index (χ3v) is 3.41. The van der Waals surface area contributed by atoms with Crippen molar-refractivity contribution in [1.82, 2.24) is 0 Å². The van der Waals surface area contributed by atoms with Crippen molar-refractivity contribution in [1.29, 1.82) is 0 Å². The van der Waals surface area contributed by atoms with Crippen LogP contribution in [0.4, 0.5) is 20.2 Å². The molecule has 0 fully saturated rings. The van der Waals surface area contributed by atoms with Gasteiger partial charge in [0.05, 0.1) is 17.7 Å². The van der Waals surface area contributed by atoms with Crippen LogP contribution in [0, 0.1) is 21.7 Å². The Balaban J connectivity index is 2.09. The van der Waals surface area contributed by atoms with E-state index in [1.165, 1.54) is 7.11 Å². The SMILES string of the molecule is C/C=C/c1ccc(OCC(=O)Nc2cc([N+](=O)[O-])c(F)cc2F)c(OC)c1. The van der Waals surface area contributed by atoms with Crippen LogP contribution in [0.2, 0.25) is 0 Å². The summed E-state index contributed by atoms with van der Waals surface area (Å²) in [4.78, 5) is 21.7. The van der Waals surface area contributed by atoms with E-state index in [0.29, 0.717) is 17.9 Å². The van der Waals surface area contributed by atoms with Crippen molar-refractivity contribution in [3.05, 3.63) is 63.7 Å². The molecule has 0 unspecified atom stereocenters. The molecule has 0 saturated heterocycles. The van der Waals surface area contributed by atoms with Gasteiger partial charge >= 0.3 is 5.69 Å². The van der Waals surface area contributed by atoms with E-state index in [1.807, 2.05) is 19.1 Å². The molecule has 0 spiro atoms. The summed E-state index contributed by atoms with van der Waals surface area (Å²) >= 11 is 0. The van der Waals surface area contributed by atoms with Gasteiger partial charge < -0.3 is 14.8 Å². The van der Waals surface area contributed by atoms with E-state index in [4.69, 9.17) is 9.47 Å². The molecule has 7 nitrogen and oxygen atoms in total. The number of nitrogens with zero attached hydrogens (tertiary/aromatic N) is 1. The highest BCUT2D eigenvalue weighted by Gasteiger charge is 2.20. The first kappa shape index (κ1) is 19.8. The number of rotatable bonds is 7. The molecular formula is C18H16F2N2O5. The molecule has 2 aromatic carbocycles. The number of carbonyl (C=O) groups excluding carboxylic acids is 1. The minimum Gasteiger partial charge on any atom is -0.493 e. The van der Waals surface area contributed by atoms with Crippen molar-refractivity contribution in [2.24, 2.45) is 0 Å². The van der Waals surface area contributed by atoms with Crippen LogP contribution < -0.4 is 14.8 Å². The van der Waals surface area contributed by atoms with E-state index in [2.05, 4.69) is 5.32 Å². The zero-order chi connectivity index (χ0) is 20.0. The number of halogens is 2. The summed E-state index contributed by atoms with van der Waals surface area (Å²) in [7, 11) is 1.44. The lowest BCUT2D eigenvalue weighted by molar-refractivity contribution is -0.387. The molecule has 0 saturated carbocycles. The smallest absolute Gasteiger partial charge is 0.307 e. The quantitative estimate of drug-likeness (QED) is 0.582. The fraction of sp³-hybridized carbons (Fsp3) is 0.167. The number of benzene rings is 2. The van der Waals surface area contributed by atoms with Gasteiger partial charge in [0.25, 0.3) is 5.91 Å². The lowest BCUT2D eigenvalue weighted by Crippen LogP contribution is -2.21. The second-order valence-corrected chi connectivity index (χ2v) is 5.29. The van der Waals surface area contributed by atoms with E-state index in [9.17, 15) is 23.7 Å². The van der Waals surface area contributed by atoms with Gasteiger partial charge in [-0.15, -0.1) is 0 Å². The predicted octanol–water partition coefficient (Wildman–Crippen LogP) is 3.93. The van der Waals surface area contributed by atoms with E-state index < -0.39 is 40.4 Å². The van der Waals surface area contributed by atoms with Gasteiger partial charge in [0.2, 0.25) is 5.82 Å². The van der Waals surface area contributed by atoms with Gasteiger partial charge in [0.1, 0.15) is 5.82 Å². The van der Waals surface area contributed by atoms with Crippen LogP contribution in [-0.4, -0.2) is 24.5 Å². The van der Waals surface area contributed by atoms with Crippen molar-refractivity contribution in [2.75, 3.05) is 19.0 Å². The van der Waals surface area contributed by atoms with E-state index in [0.717, 1.165) is 5.56 Å². The van der Waals surface area contributed by atoms with Gasteiger partial charge in [0.15, 0.2) is 18.1 Å². The number of nitro benzene ring substituents is 1. The van der Waals surface area contributed by atoms with Gasteiger partial charge in [-0.2, -0.15) is 4.39 Å². The van der Waals surface area contributed by atoms with Gasteiger partial charge in [0, 0.05) is 12.1 Å². The van der Waals surface area contributed by atoms with Gasteiger partial charge in [-0.3, -0.25) is 14.9 Å². The number of allylic oxidation sites excluding steroid dienone is 1. The second-order valence-electron chi connectivity index (χ2n) is 5.29. The highest BCUT2D eigenvalue weighted by molar-refractivity contribution is 5.92. The Morgan fingerprint density at radius 2 is 1.96 bits per heavy atom. The zero-order valence-corrected chi connectivity index (χ0v) is 14.5. The third-order valence-electron chi connectivity index (χ3n) is 3.41. The number of hydrogen-bond donors (Lipinski definition) is 1. The van der Waals surface area contributed by atoms with E-state index in [-0.39, 0.29) is 5.75 Å². The molecule has 0 atom stereocenters. The monoisotopic (exact) mass is 378 g/mol. The summed E-state index contributed by atoms with van der Waals surface area (Å²) in [5.74, 6) is -2.58. The molecule has 9 heteroatoms. The van der Waals surface area contributed by atoms with Crippen molar-refractivity contribution >= 4 is 23.4 Å². The Morgan fingerprint density at radius 1 is 1.22 bits per heavy atom. The van der Waals surface area contributed by atoms with Gasteiger partial charge in [-0.05, 0) is 24.6 Å².